The maximum absolute atomic E-state index is 13.9. The Morgan fingerprint density at radius 3 is 2.43 bits per heavy atom. The Bertz CT molecular complexity index is 2010. The average molecular weight is 620 g/mol. The van der Waals surface area contributed by atoms with Crippen molar-refractivity contribution in [2.24, 2.45) is 0 Å². The summed E-state index contributed by atoms with van der Waals surface area (Å²) in [4.78, 5) is 56.4. The summed E-state index contributed by atoms with van der Waals surface area (Å²) in [6, 6.07) is 22.1. The molecule has 2 amide bonds. The normalized spacial score (nSPS) is 16.2. The number of rotatable bonds is 8. The van der Waals surface area contributed by atoms with Crippen LogP contribution < -0.4 is 16.2 Å². The molecule has 0 unspecified atom stereocenters. The number of carbonyl (C=O) groups excluding carboxylic acids is 3. The predicted octanol–water partition coefficient (Wildman–Crippen LogP) is 6.25. The van der Waals surface area contributed by atoms with Crippen LogP contribution in [0.5, 0.6) is 0 Å². The van der Waals surface area contributed by atoms with Gasteiger partial charge in [0, 0.05) is 22.2 Å². The van der Waals surface area contributed by atoms with Crippen LogP contribution in [0.15, 0.2) is 77.6 Å². The number of hydrogen-bond donors (Lipinski definition) is 3. The van der Waals surface area contributed by atoms with Crippen molar-refractivity contribution in [3.05, 3.63) is 94.4 Å². The van der Waals surface area contributed by atoms with Crippen molar-refractivity contribution in [2.45, 2.75) is 69.9 Å². The van der Waals surface area contributed by atoms with Gasteiger partial charge in [0.25, 0.3) is 11.5 Å². The fourth-order valence-electron chi connectivity index (χ4n) is 6.87. The molecular weight excluding hydrogens is 582 g/mol. The lowest BCUT2D eigenvalue weighted by atomic mass is 9.75. The summed E-state index contributed by atoms with van der Waals surface area (Å²) >= 11 is 0. The van der Waals surface area contributed by atoms with Crippen LogP contribution in [-0.2, 0) is 9.53 Å². The first-order valence-corrected chi connectivity index (χ1v) is 16.1. The zero-order chi connectivity index (χ0) is 31.8. The number of anilines is 1. The van der Waals surface area contributed by atoms with Gasteiger partial charge in [-0.05, 0) is 93.6 Å². The van der Waals surface area contributed by atoms with Crippen LogP contribution in [0.25, 0.3) is 27.5 Å². The maximum Gasteiger partial charge on any atom is 0.354 e. The molecule has 236 valence electrons. The van der Waals surface area contributed by atoms with Gasteiger partial charge in [-0.15, -0.1) is 0 Å². The Morgan fingerprint density at radius 1 is 0.935 bits per heavy atom. The molecule has 2 fully saturated rings. The molecule has 0 spiro atoms. The number of nitrogens with zero attached hydrogens (tertiary/aromatic N) is 2. The van der Waals surface area contributed by atoms with Gasteiger partial charge >= 0.3 is 5.97 Å². The second kappa shape index (κ2) is 12.0. The summed E-state index contributed by atoms with van der Waals surface area (Å²) in [5.41, 5.74) is 2.34. The van der Waals surface area contributed by atoms with E-state index in [2.05, 4.69) is 20.3 Å². The Labute approximate surface area is 265 Å². The number of aromatic nitrogens is 3. The van der Waals surface area contributed by atoms with E-state index >= 15 is 0 Å². The third-order valence-electron chi connectivity index (χ3n) is 9.43. The van der Waals surface area contributed by atoms with E-state index < -0.39 is 17.4 Å². The number of benzene rings is 3. The topological polar surface area (TPSA) is 127 Å². The van der Waals surface area contributed by atoms with Crippen molar-refractivity contribution in [3.8, 4) is 5.69 Å². The van der Waals surface area contributed by atoms with Crippen LogP contribution in [0.2, 0.25) is 0 Å². The molecule has 2 heterocycles. The number of nitrogens with one attached hydrogen (secondary N) is 3. The smallest absolute Gasteiger partial charge is 0.354 e. The lowest BCUT2D eigenvalue weighted by molar-refractivity contribution is -0.125. The molecule has 0 aliphatic heterocycles. The summed E-state index contributed by atoms with van der Waals surface area (Å²) in [5.74, 6) is -1.14. The van der Waals surface area contributed by atoms with Crippen LogP contribution in [0.1, 0.15) is 85.2 Å². The predicted molar refractivity (Wildman–Crippen MR) is 177 cm³/mol. The Morgan fingerprint density at radius 2 is 1.72 bits per heavy atom. The average Bonchev–Trinajstić information content (AvgIpc) is 3.62. The molecule has 2 aliphatic carbocycles. The van der Waals surface area contributed by atoms with Crippen molar-refractivity contribution in [1.29, 1.82) is 0 Å². The molecule has 0 atom stereocenters. The van der Waals surface area contributed by atoms with Crippen molar-refractivity contribution in [2.75, 3.05) is 11.9 Å². The summed E-state index contributed by atoms with van der Waals surface area (Å²) in [6.45, 7) is 2.02. The number of aromatic amines is 1. The van der Waals surface area contributed by atoms with E-state index in [1.165, 1.54) is 6.42 Å². The second-order valence-corrected chi connectivity index (χ2v) is 12.4. The molecule has 46 heavy (non-hydrogen) atoms. The monoisotopic (exact) mass is 619 g/mol. The van der Waals surface area contributed by atoms with Crippen molar-refractivity contribution < 1.29 is 19.1 Å². The molecular formula is C36H37N5O5. The lowest BCUT2D eigenvalue weighted by Crippen LogP contribution is -2.61. The molecule has 5 aromatic rings. The number of hydrogen-bond acceptors (Lipinski definition) is 5. The summed E-state index contributed by atoms with van der Waals surface area (Å²) in [7, 11) is 0. The Hall–Kier alpha value is -5.12. The van der Waals surface area contributed by atoms with Gasteiger partial charge in [-0.2, -0.15) is 0 Å². The molecule has 7 rings (SSSR count). The fraction of sp³-hybridized carbons (Fsp3) is 0.333. The van der Waals surface area contributed by atoms with E-state index in [9.17, 15) is 19.2 Å². The van der Waals surface area contributed by atoms with Gasteiger partial charge in [-0.1, -0.05) is 37.5 Å². The zero-order valence-corrected chi connectivity index (χ0v) is 25.8. The molecule has 2 saturated carbocycles. The summed E-state index contributed by atoms with van der Waals surface area (Å²) in [6.07, 6.45) is 7.24. The van der Waals surface area contributed by atoms with Crippen LogP contribution in [0, 0.1) is 0 Å². The highest BCUT2D eigenvalue weighted by Crippen LogP contribution is 2.35. The first kappa shape index (κ1) is 29.6. The van der Waals surface area contributed by atoms with Gasteiger partial charge in [0.1, 0.15) is 11.2 Å². The largest absolute Gasteiger partial charge is 0.461 e. The van der Waals surface area contributed by atoms with Crippen LogP contribution in [-0.4, -0.2) is 44.3 Å². The molecule has 2 aliphatic rings. The number of esters is 1. The van der Waals surface area contributed by atoms with Gasteiger partial charge in [-0.3, -0.25) is 19.1 Å². The van der Waals surface area contributed by atoms with Crippen LogP contribution in [0.3, 0.4) is 0 Å². The number of fused-ring (bicyclic) bond motifs is 2. The van der Waals surface area contributed by atoms with Gasteiger partial charge in [0.2, 0.25) is 5.91 Å². The summed E-state index contributed by atoms with van der Waals surface area (Å²) < 4.78 is 8.94. The van der Waals surface area contributed by atoms with Crippen molar-refractivity contribution >= 4 is 45.3 Å². The van der Waals surface area contributed by atoms with Gasteiger partial charge < -0.3 is 20.4 Å². The number of carbonyl (C=O) groups is 3. The Kier molecular flexibility index (Phi) is 7.72. The first-order valence-electron chi connectivity index (χ1n) is 16.1. The van der Waals surface area contributed by atoms with Crippen molar-refractivity contribution in [3.63, 3.8) is 0 Å². The molecule has 10 nitrogen and oxygen atoms in total. The lowest BCUT2D eigenvalue weighted by Gasteiger charge is -2.40. The van der Waals surface area contributed by atoms with Crippen LogP contribution >= 0.6 is 0 Å². The molecule has 2 aromatic heterocycles. The molecule has 10 heteroatoms. The van der Waals surface area contributed by atoms with E-state index in [1.807, 2.05) is 36.4 Å². The number of amides is 2. The minimum absolute atomic E-state index is 0.163. The van der Waals surface area contributed by atoms with E-state index in [0.717, 1.165) is 54.2 Å². The third kappa shape index (κ3) is 5.27. The van der Waals surface area contributed by atoms with Gasteiger partial charge in [-0.25, -0.2) is 9.48 Å². The molecule has 0 saturated heterocycles. The quantitative estimate of drug-likeness (QED) is 0.177. The first-order chi connectivity index (χ1) is 22.4. The number of H-pyrrole nitrogens is 1. The van der Waals surface area contributed by atoms with E-state index in [-0.39, 0.29) is 24.1 Å². The van der Waals surface area contributed by atoms with Gasteiger partial charge in [0.15, 0.2) is 0 Å². The highest BCUT2D eigenvalue weighted by atomic mass is 16.5. The highest BCUT2D eigenvalue weighted by molar-refractivity contribution is 6.06. The fourth-order valence-corrected chi connectivity index (χ4v) is 6.87. The minimum atomic E-state index is -1.06. The highest BCUT2D eigenvalue weighted by Gasteiger charge is 2.45. The zero-order valence-electron chi connectivity index (χ0n) is 25.8. The molecule has 3 N–H and O–H groups in total. The standard InChI is InChI=1S/C36H37N5O5/c1-2-46-34(44)30-22-24-20-25(15-16-29(24)38-30)37-35(45)36(18-9-19-36)39-32(42)23-14-17-31-28(21-23)33(43)41(27-12-7-4-8-13-27)40(31)26-10-5-3-6-11-26/h4,7-8,12-17,20-22,26,38H,2-3,5-6,9-11,18-19H2,1H3,(H,37,45)(H,39,42). The van der Waals surface area contributed by atoms with E-state index in [1.54, 1.807) is 48.0 Å². The van der Waals surface area contributed by atoms with E-state index in [0.29, 0.717) is 35.2 Å². The third-order valence-corrected chi connectivity index (χ3v) is 9.43. The SMILES string of the molecule is CCOC(=O)c1cc2cc(NC(=O)C3(NC(=O)c4ccc5c(c4)c(=O)n(-c4ccccc4)n5C4CCCCC4)CCC3)ccc2[nH]1. The van der Waals surface area contributed by atoms with Crippen LogP contribution in [0.4, 0.5) is 5.69 Å². The molecule has 0 radical (unpaired) electrons. The van der Waals surface area contributed by atoms with Gasteiger partial charge in [0.05, 0.1) is 29.2 Å². The Balaban J connectivity index is 1.15. The molecule has 3 aromatic carbocycles. The van der Waals surface area contributed by atoms with Crippen molar-refractivity contribution in [1.82, 2.24) is 19.7 Å². The van der Waals surface area contributed by atoms with E-state index in [4.69, 9.17) is 4.74 Å². The number of para-hydroxylation sites is 1. The maximum atomic E-state index is 13.9. The minimum Gasteiger partial charge on any atom is -0.461 e. The number of ether oxygens (including phenoxy) is 1. The summed E-state index contributed by atoms with van der Waals surface area (Å²) in [5, 5.41) is 7.20. The second-order valence-electron chi connectivity index (χ2n) is 12.4. The molecule has 0 bridgehead atoms.